The normalized spacial score (nSPS) is 25.1. The van der Waals surface area contributed by atoms with Gasteiger partial charge in [-0.2, -0.15) is 15.4 Å². The third-order valence-electron chi connectivity index (χ3n) is 6.53. The summed E-state index contributed by atoms with van der Waals surface area (Å²) in [7, 11) is 1.49. The quantitative estimate of drug-likeness (QED) is 0.369. The third-order valence-corrected chi connectivity index (χ3v) is 6.81. The minimum atomic E-state index is -0.296. The first kappa shape index (κ1) is 21.2. The third kappa shape index (κ3) is 3.57. The van der Waals surface area contributed by atoms with Crippen molar-refractivity contribution in [2.75, 3.05) is 7.11 Å². The van der Waals surface area contributed by atoms with Gasteiger partial charge in [0.1, 0.15) is 6.61 Å². The molecule has 33 heavy (non-hydrogen) atoms. The average Bonchev–Trinajstić information content (AvgIpc) is 3.51. The van der Waals surface area contributed by atoms with E-state index in [9.17, 15) is 14.9 Å². The highest BCUT2D eigenvalue weighted by Crippen LogP contribution is 2.52. The van der Waals surface area contributed by atoms with Crippen LogP contribution in [0.25, 0.3) is 0 Å². The summed E-state index contributed by atoms with van der Waals surface area (Å²) < 4.78 is 11.3. The van der Waals surface area contributed by atoms with Gasteiger partial charge in [-0.3, -0.25) is 9.59 Å². The zero-order chi connectivity index (χ0) is 23.1. The Balaban J connectivity index is 1.34. The number of nitriles is 1. The number of rotatable bonds is 6. The monoisotopic (exact) mass is 461 g/mol. The molecule has 0 unspecified atom stereocenters. The average molecular weight is 462 g/mol. The first-order valence-corrected chi connectivity index (χ1v) is 11.0. The van der Waals surface area contributed by atoms with Crippen LogP contribution in [0.3, 0.4) is 0 Å². The van der Waals surface area contributed by atoms with Crippen molar-refractivity contribution >= 4 is 29.6 Å². The zero-order valence-corrected chi connectivity index (χ0v) is 18.5. The Bertz CT molecular complexity index is 1220. The summed E-state index contributed by atoms with van der Waals surface area (Å²) in [5.41, 5.74) is 1.80. The van der Waals surface area contributed by atoms with E-state index in [1.54, 1.807) is 30.3 Å². The molecule has 2 aromatic carbocycles. The van der Waals surface area contributed by atoms with Gasteiger partial charge in [0.25, 0.3) is 11.8 Å². The lowest BCUT2D eigenvalue weighted by molar-refractivity contribution is -0.140. The maximum Gasteiger partial charge on any atom is 0.254 e. The molecule has 8 heteroatoms. The molecule has 3 aliphatic rings. The van der Waals surface area contributed by atoms with Crippen molar-refractivity contribution < 1.29 is 19.1 Å². The standard InChI is InChI=1S/C25H20ClN3O4/c1-32-20-9-14(8-19(26)23(20)33-13-18-5-3-2-4-17(18)11-27)12-28-29-24(30)21-15-6-7-16(10-15)22(21)25(29)31/h2-9,12,15-16,21-22H,10,13H2,1H3/t15-,16-,21-,22+/m0/s1. The number of ether oxygens (including phenoxy) is 2. The van der Waals surface area contributed by atoms with Crippen LogP contribution < -0.4 is 9.47 Å². The maximum absolute atomic E-state index is 12.8. The van der Waals surface area contributed by atoms with E-state index in [1.165, 1.54) is 13.3 Å². The molecule has 0 aromatic heterocycles. The second kappa shape index (κ2) is 8.38. The lowest BCUT2D eigenvalue weighted by Gasteiger charge is -2.14. The fraction of sp³-hybridized carbons (Fsp3) is 0.280. The fourth-order valence-electron chi connectivity index (χ4n) is 4.98. The maximum atomic E-state index is 12.8. The first-order valence-electron chi connectivity index (χ1n) is 10.6. The molecule has 4 atom stereocenters. The Morgan fingerprint density at radius 2 is 1.88 bits per heavy atom. The van der Waals surface area contributed by atoms with E-state index in [1.807, 2.05) is 18.2 Å². The Kier molecular flexibility index (Phi) is 5.39. The number of methoxy groups -OCH3 is 1. The molecule has 2 bridgehead atoms. The number of imide groups is 1. The molecule has 0 radical (unpaired) electrons. The lowest BCUT2D eigenvalue weighted by atomic mass is 9.85. The van der Waals surface area contributed by atoms with Crippen molar-refractivity contribution in [3.05, 3.63) is 70.3 Å². The Morgan fingerprint density at radius 3 is 2.55 bits per heavy atom. The minimum absolute atomic E-state index is 0.133. The van der Waals surface area contributed by atoms with Crippen molar-refractivity contribution in [3.63, 3.8) is 0 Å². The molecular formula is C25H20ClN3O4. The predicted octanol–water partition coefficient (Wildman–Crippen LogP) is 3.94. The van der Waals surface area contributed by atoms with Crippen LogP contribution in [-0.2, 0) is 16.2 Å². The highest BCUT2D eigenvalue weighted by Gasteiger charge is 2.59. The van der Waals surface area contributed by atoms with E-state index in [2.05, 4.69) is 11.2 Å². The predicted molar refractivity (Wildman–Crippen MR) is 121 cm³/mol. The van der Waals surface area contributed by atoms with Gasteiger partial charge < -0.3 is 9.47 Å². The molecule has 1 saturated carbocycles. The number of nitrogens with zero attached hydrogens (tertiary/aromatic N) is 3. The SMILES string of the molecule is COc1cc(C=NN2C(=O)[C@@H]3[C@H](C2=O)[C@H]2C=C[C@H]3C2)cc(Cl)c1OCc1ccccc1C#N. The number of carbonyl (C=O) groups is 2. The van der Waals surface area contributed by atoms with Gasteiger partial charge in [0.2, 0.25) is 0 Å². The zero-order valence-electron chi connectivity index (χ0n) is 17.8. The number of benzene rings is 2. The molecule has 0 N–H and O–H groups in total. The Hall–Kier alpha value is -3.63. The second-order valence-corrected chi connectivity index (χ2v) is 8.73. The van der Waals surface area contributed by atoms with Gasteiger partial charge in [-0.25, -0.2) is 0 Å². The van der Waals surface area contributed by atoms with Crippen molar-refractivity contribution in [2.24, 2.45) is 28.8 Å². The summed E-state index contributed by atoms with van der Waals surface area (Å²) in [4.78, 5) is 25.6. The van der Waals surface area contributed by atoms with Crippen LogP contribution in [0.4, 0.5) is 0 Å². The van der Waals surface area contributed by atoms with E-state index in [0.717, 1.165) is 17.0 Å². The van der Waals surface area contributed by atoms with E-state index in [-0.39, 0.29) is 47.1 Å². The van der Waals surface area contributed by atoms with Crippen molar-refractivity contribution in [1.29, 1.82) is 5.26 Å². The van der Waals surface area contributed by atoms with Gasteiger partial charge in [0.15, 0.2) is 11.5 Å². The number of fused-ring (bicyclic) bond motifs is 5. The molecule has 2 aromatic rings. The van der Waals surface area contributed by atoms with Crippen molar-refractivity contribution in [1.82, 2.24) is 5.01 Å². The topological polar surface area (TPSA) is 92.0 Å². The Morgan fingerprint density at radius 1 is 1.18 bits per heavy atom. The van der Waals surface area contributed by atoms with E-state index in [0.29, 0.717) is 22.6 Å². The van der Waals surface area contributed by atoms with Crippen LogP contribution in [-0.4, -0.2) is 30.1 Å². The molecule has 2 fully saturated rings. The minimum Gasteiger partial charge on any atom is -0.493 e. The molecule has 7 nitrogen and oxygen atoms in total. The highest BCUT2D eigenvalue weighted by atomic mass is 35.5. The highest BCUT2D eigenvalue weighted by molar-refractivity contribution is 6.32. The van der Waals surface area contributed by atoms with E-state index >= 15 is 0 Å². The van der Waals surface area contributed by atoms with E-state index < -0.39 is 0 Å². The number of hydrogen-bond donors (Lipinski definition) is 0. The van der Waals surface area contributed by atoms with Gasteiger partial charge >= 0.3 is 0 Å². The lowest BCUT2D eigenvalue weighted by Crippen LogP contribution is -2.28. The summed E-state index contributed by atoms with van der Waals surface area (Å²) >= 11 is 6.44. The van der Waals surface area contributed by atoms with Crippen LogP contribution in [0.15, 0.2) is 53.7 Å². The number of amides is 2. The van der Waals surface area contributed by atoms with Crippen LogP contribution in [0.1, 0.15) is 23.1 Å². The van der Waals surface area contributed by atoms with E-state index in [4.69, 9.17) is 21.1 Å². The first-order chi connectivity index (χ1) is 16.0. The smallest absolute Gasteiger partial charge is 0.254 e. The van der Waals surface area contributed by atoms with Gasteiger partial charge in [-0.05, 0) is 42.0 Å². The second-order valence-electron chi connectivity index (χ2n) is 8.32. The number of hydrogen-bond acceptors (Lipinski definition) is 6. The molecule has 1 aliphatic heterocycles. The molecule has 2 amide bonds. The number of hydrazone groups is 1. The van der Waals surface area contributed by atoms with Crippen LogP contribution in [0.2, 0.25) is 5.02 Å². The molecule has 2 aliphatic carbocycles. The molecule has 166 valence electrons. The number of allylic oxidation sites excluding steroid dienone is 2. The number of carbonyl (C=O) groups excluding carboxylic acids is 2. The van der Waals surface area contributed by atoms with Crippen LogP contribution in [0, 0.1) is 35.0 Å². The molecule has 1 saturated heterocycles. The van der Waals surface area contributed by atoms with Gasteiger partial charge in [0, 0.05) is 5.56 Å². The van der Waals surface area contributed by atoms with Crippen molar-refractivity contribution in [3.8, 4) is 17.6 Å². The molecule has 5 rings (SSSR count). The van der Waals surface area contributed by atoms with Crippen LogP contribution >= 0.6 is 11.6 Å². The number of halogens is 1. The molecular weight excluding hydrogens is 442 g/mol. The Labute approximate surface area is 195 Å². The largest absolute Gasteiger partial charge is 0.493 e. The molecule has 0 spiro atoms. The molecule has 1 heterocycles. The summed E-state index contributed by atoms with van der Waals surface area (Å²) in [5.74, 6) is -0.113. The van der Waals surface area contributed by atoms with Crippen LogP contribution in [0.5, 0.6) is 11.5 Å². The summed E-state index contributed by atoms with van der Waals surface area (Å²) in [6.07, 6.45) is 6.39. The summed E-state index contributed by atoms with van der Waals surface area (Å²) in [6.45, 7) is 0.142. The summed E-state index contributed by atoms with van der Waals surface area (Å²) in [5, 5.41) is 14.7. The van der Waals surface area contributed by atoms with Gasteiger partial charge in [-0.15, -0.1) is 0 Å². The summed E-state index contributed by atoms with van der Waals surface area (Å²) in [6, 6.07) is 12.6. The van der Waals surface area contributed by atoms with Gasteiger partial charge in [0.05, 0.1) is 41.8 Å². The van der Waals surface area contributed by atoms with Crippen molar-refractivity contribution in [2.45, 2.75) is 13.0 Å². The van der Waals surface area contributed by atoms with Gasteiger partial charge in [-0.1, -0.05) is 42.0 Å². The fourth-order valence-corrected chi connectivity index (χ4v) is 5.26.